The highest BCUT2D eigenvalue weighted by molar-refractivity contribution is 6.27. The molecule has 1 spiro atoms. The molecule has 3 heteroatoms. The van der Waals surface area contributed by atoms with Gasteiger partial charge in [0, 0.05) is 7.92 Å². The molecule has 1 atom stereocenters. The van der Waals surface area contributed by atoms with Gasteiger partial charge in [0.2, 0.25) is 5.91 Å². The van der Waals surface area contributed by atoms with Gasteiger partial charge in [-0.3, -0.25) is 4.79 Å². The topological polar surface area (TPSA) is 20.3 Å². The number of amides is 1. The van der Waals surface area contributed by atoms with E-state index in [1.54, 1.807) is 0 Å². The summed E-state index contributed by atoms with van der Waals surface area (Å²) < 4.78 is 8.32. The van der Waals surface area contributed by atoms with Crippen LogP contribution in [-0.2, 0) is 16.7 Å². The van der Waals surface area contributed by atoms with Gasteiger partial charge in [0.05, 0.1) is 5.54 Å². The highest BCUT2D eigenvalue weighted by atomic mass is 35.5. The minimum atomic E-state index is -0.356. The van der Waals surface area contributed by atoms with E-state index in [1.165, 1.54) is 12.0 Å². The summed E-state index contributed by atoms with van der Waals surface area (Å²) in [7, 11) is 0. The van der Waals surface area contributed by atoms with Crippen LogP contribution in [0.5, 0.6) is 0 Å². The second-order valence-electron chi connectivity index (χ2n) is 5.52. The number of fused-ring (bicyclic) bond motifs is 2. The second kappa shape index (κ2) is 5.16. The third-order valence-corrected chi connectivity index (χ3v) is 4.80. The zero-order valence-electron chi connectivity index (χ0n) is 12.1. The lowest BCUT2D eigenvalue weighted by molar-refractivity contribution is -0.138. The average Bonchev–Trinajstić information content (AvgIpc) is 2.51. The fraction of sp³-hybridized carbons (Fsp3) is 0.562. The van der Waals surface area contributed by atoms with Gasteiger partial charge in [-0.25, -0.2) is 0 Å². The van der Waals surface area contributed by atoms with Crippen molar-refractivity contribution in [2.45, 2.75) is 44.0 Å². The molecule has 1 aliphatic carbocycles. The highest BCUT2D eigenvalue weighted by Gasteiger charge is 2.44. The maximum absolute atomic E-state index is 12.3. The maximum Gasteiger partial charge on any atom is 0.238 e. The molecule has 1 amide bonds. The van der Waals surface area contributed by atoms with Gasteiger partial charge < -0.3 is 4.90 Å². The van der Waals surface area contributed by atoms with Gasteiger partial charge in [-0.2, -0.15) is 0 Å². The molecule has 0 aromatic heterocycles. The molecule has 0 bridgehead atoms. The lowest BCUT2D eigenvalue weighted by Gasteiger charge is -2.50. The summed E-state index contributed by atoms with van der Waals surface area (Å²) in [5, 5.41) is 0. The number of carbonyl (C=O) groups is 1. The average molecular weight is 279 g/mol. The monoisotopic (exact) mass is 278 g/mol. The summed E-state index contributed by atoms with van der Waals surface area (Å²) in [6, 6.07) is 8.17. The van der Waals surface area contributed by atoms with Gasteiger partial charge in [0.25, 0.3) is 0 Å². The number of hydrogen-bond donors (Lipinski definition) is 0. The molecular formula is C16H20ClNO. The summed E-state index contributed by atoms with van der Waals surface area (Å²) >= 11 is 5.81. The van der Waals surface area contributed by atoms with Gasteiger partial charge in [-0.15, -0.1) is 11.6 Å². The lowest BCUT2D eigenvalue weighted by atomic mass is 9.71. The molecule has 0 saturated heterocycles. The second-order valence-corrected chi connectivity index (χ2v) is 5.79. The number of hydrogen-bond acceptors (Lipinski definition) is 1. The fourth-order valence-corrected chi connectivity index (χ4v) is 3.84. The SMILES string of the molecule is [2H]C1CN(C(=O)CCl)C2(CCCCC2)c2ccccc21. The van der Waals surface area contributed by atoms with Crippen molar-refractivity contribution in [1.82, 2.24) is 4.90 Å². The Kier molecular flexibility index (Phi) is 3.20. The Balaban J connectivity index is 2.12. The first kappa shape index (κ1) is 11.8. The minimum Gasteiger partial charge on any atom is -0.332 e. The molecule has 1 fully saturated rings. The Bertz CT molecular complexity index is 513. The van der Waals surface area contributed by atoms with Gasteiger partial charge in [0.1, 0.15) is 5.88 Å². The van der Waals surface area contributed by atoms with Crippen molar-refractivity contribution in [3.8, 4) is 0 Å². The van der Waals surface area contributed by atoms with Crippen molar-refractivity contribution in [1.29, 1.82) is 0 Å². The van der Waals surface area contributed by atoms with Gasteiger partial charge >= 0.3 is 0 Å². The molecule has 0 radical (unpaired) electrons. The van der Waals surface area contributed by atoms with Crippen molar-refractivity contribution in [3.05, 3.63) is 35.4 Å². The van der Waals surface area contributed by atoms with E-state index in [9.17, 15) is 4.79 Å². The summed E-state index contributed by atoms with van der Waals surface area (Å²) in [6.07, 6.45) is 5.16. The molecule has 1 heterocycles. The first-order valence-electron chi connectivity index (χ1n) is 7.65. The van der Waals surface area contributed by atoms with Crippen LogP contribution >= 0.6 is 11.6 Å². The summed E-state index contributed by atoms with van der Waals surface area (Å²) in [4.78, 5) is 14.2. The molecular weight excluding hydrogens is 258 g/mol. The predicted octanol–water partition coefficient (Wildman–Crippen LogP) is 3.47. The summed E-state index contributed by atoms with van der Waals surface area (Å²) in [5.74, 6) is -0.0169. The van der Waals surface area contributed by atoms with E-state index in [-0.39, 0.29) is 23.7 Å². The van der Waals surface area contributed by atoms with Crippen molar-refractivity contribution in [2.24, 2.45) is 0 Å². The van der Waals surface area contributed by atoms with Crippen LogP contribution in [0.15, 0.2) is 24.3 Å². The van der Waals surface area contributed by atoms with Crippen LogP contribution in [0.2, 0.25) is 0 Å². The van der Waals surface area contributed by atoms with E-state index in [4.69, 9.17) is 13.0 Å². The van der Waals surface area contributed by atoms with Crippen molar-refractivity contribution < 1.29 is 6.17 Å². The Morgan fingerprint density at radius 1 is 1.32 bits per heavy atom. The Morgan fingerprint density at radius 3 is 2.79 bits per heavy atom. The van der Waals surface area contributed by atoms with Crippen molar-refractivity contribution >= 4 is 17.5 Å². The van der Waals surface area contributed by atoms with E-state index in [1.807, 2.05) is 23.1 Å². The molecule has 1 unspecified atom stereocenters. The first-order valence-corrected chi connectivity index (χ1v) is 7.60. The molecule has 102 valence electrons. The Morgan fingerprint density at radius 2 is 2.05 bits per heavy atom. The number of nitrogens with zero attached hydrogens (tertiary/aromatic N) is 1. The van der Waals surface area contributed by atoms with Gasteiger partial charge in [-0.1, -0.05) is 43.5 Å². The zero-order chi connectivity index (χ0) is 14.2. The molecule has 1 aliphatic heterocycles. The molecule has 2 aliphatic rings. The Labute approximate surface area is 121 Å². The van der Waals surface area contributed by atoms with Gasteiger partial charge in [0.15, 0.2) is 0 Å². The van der Waals surface area contributed by atoms with E-state index in [0.717, 1.165) is 31.2 Å². The molecule has 19 heavy (non-hydrogen) atoms. The van der Waals surface area contributed by atoms with Crippen LogP contribution in [0, 0.1) is 0 Å². The quantitative estimate of drug-likeness (QED) is 0.721. The fourth-order valence-electron chi connectivity index (χ4n) is 3.70. The third kappa shape index (κ3) is 2.06. The number of benzene rings is 1. The van der Waals surface area contributed by atoms with E-state index in [2.05, 4.69) is 6.07 Å². The highest BCUT2D eigenvalue weighted by Crippen LogP contribution is 2.46. The van der Waals surface area contributed by atoms with Crippen molar-refractivity contribution in [3.63, 3.8) is 0 Å². The van der Waals surface area contributed by atoms with E-state index in [0.29, 0.717) is 6.54 Å². The number of halogens is 1. The number of carbonyl (C=O) groups excluding carboxylic acids is 1. The van der Waals surface area contributed by atoms with Crippen molar-refractivity contribution in [2.75, 3.05) is 12.4 Å². The predicted molar refractivity (Wildman–Crippen MR) is 77.3 cm³/mol. The summed E-state index contributed by atoms with van der Waals surface area (Å²) in [5.41, 5.74) is 2.07. The molecule has 3 rings (SSSR count). The molecule has 1 aromatic carbocycles. The van der Waals surface area contributed by atoms with E-state index >= 15 is 0 Å². The summed E-state index contributed by atoms with van der Waals surface area (Å²) in [6.45, 7) is 0.475. The lowest BCUT2D eigenvalue weighted by Crippen LogP contribution is -2.54. The Hall–Kier alpha value is -1.02. The number of alkyl halides is 1. The van der Waals surface area contributed by atoms with Crippen LogP contribution in [0.1, 0.15) is 44.6 Å². The van der Waals surface area contributed by atoms with Crippen LogP contribution in [0.3, 0.4) is 0 Å². The molecule has 0 N–H and O–H groups in total. The minimum absolute atomic E-state index is 0.0106. The van der Waals surface area contributed by atoms with Gasteiger partial charge in [-0.05, 0) is 30.4 Å². The standard InChI is InChI=1S/C16H20ClNO/c17-12-15(19)18-11-8-13-6-2-3-7-14(13)16(18)9-4-1-5-10-16/h2-3,6-7H,1,4-5,8-12H2/i8D. The zero-order valence-corrected chi connectivity index (χ0v) is 11.8. The smallest absolute Gasteiger partial charge is 0.238 e. The first-order chi connectivity index (χ1) is 9.69. The third-order valence-electron chi connectivity index (χ3n) is 4.57. The maximum atomic E-state index is 12.3. The molecule has 1 saturated carbocycles. The molecule has 1 aromatic rings. The van der Waals surface area contributed by atoms with Crippen LogP contribution in [0.4, 0.5) is 0 Å². The van der Waals surface area contributed by atoms with E-state index < -0.39 is 0 Å². The molecule has 2 nitrogen and oxygen atoms in total. The number of rotatable bonds is 1. The largest absolute Gasteiger partial charge is 0.332 e. The van der Waals surface area contributed by atoms with Crippen LogP contribution in [-0.4, -0.2) is 23.2 Å². The van der Waals surface area contributed by atoms with Crippen LogP contribution in [0.25, 0.3) is 0 Å². The normalized spacial score (nSPS) is 25.8. The van der Waals surface area contributed by atoms with Crippen LogP contribution < -0.4 is 0 Å².